The van der Waals surface area contributed by atoms with Crippen LogP contribution in [0.4, 0.5) is 4.39 Å². The van der Waals surface area contributed by atoms with Gasteiger partial charge in [0.15, 0.2) is 6.61 Å². The second-order valence-electron chi connectivity index (χ2n) is 4.90. The van der Waals surface area contributed by atoms with E-state index < -0.39 is 36.0 Å². The van der Waals surface area contributed by atoms with Gasteiger partial charge >= 0.3 is 5.97 Å². The number of aliphatic carboxylic acids is 1. The second-order valence-corrected chi connectivity index (χ2v) is 4.90. The molecule has 0 atom stereocenters. The maximum atomic E-state index is 12.9. The normalized spacial score (nSPS) is 11.0. The highest BCUT2D eigenvalue weighted by atomic mass is 19.1. The van der Waals surface area contributed by atoms with Gasteiger partial charge in [-0.15, -0.1) is 0 Å². The van der Waals surface area contributed by atoms with E-state index in [-0.39, 0.29) is 6.54 Å². The molecule has 0 unspecified atom stereocenters. The molecule has 0 bridgehead atoms. The number of aliphatic hydroxyl groups excluding tert-OH is 1. The first-order chi connectivity index (χ1) is 11.2. The average molecular weight is 340 g/mol. The number of hydrogen-bond donors (Lipinski definition) is 2. The smallest absolute Gasteiger partial charge is 0.371 e. The van der Waals surface area contributed by atoms with Gasteiger partial charge in [0.2, 0.25) is 5.76 Å². The fourth-order valence-corrected chi connectivity index (χ4v) is 1.46. The predicted molar refractivity (Wildman–Crippen MR) is 79.9 cm³/mol. The maximum Gasteiger partial charge on any atom is 0.371 e. The van der Waals surface area contributed by atoms with Crippen LogP contribution in [-0.4, -0.2) is 58.7 Å². The molecular formula is C15H17FN2O6. The summed E-state index contributed by atoms with van der Waals surface area (Å²) in [4.78, 5) is 40.5. The molecule has 9 heteroatoms. The molecule has 1 rings (SSSR count). The van der Waals surface area contributed by atoms with Crippen molar-refractivity contribution in [3.8, 4) is 0 Å². The van der Waals surface area contributed by atoms with Crippen LogP contribution in [0.5, 0.6) is 0 Å². The topological polar surface area (TPSA) is 107 Å². The van der Waals surface area contributed by atoms with Gasteiger partial charge in [0, 0.05) is 14.1 Å². The quantitative estimate of drug-likeness (QED) is 0.430. The van der Waals surface area contributed by atoms with Gasteiger partial charge in [-0.25, -0.2) is 14.2 Å². The fourth-order valence-electron chi connectivity index (χ4n) is 1.46. The first-order valence-electron chi connectivity index (χ1n) is 6.73. The van der Waals surface area contributed by atoms with E-state index in [1.54, 1.807) is 0 Å². The Bertz CT molecular complexity index is 642. The molecule has 0 saturated carbocycles. The number of likely N-dealkylation sites (N-methyl/N-ethyl adjacent to an activating group) is 1. The number of hydrogen-bond acceptors (Lipinski definition) is 5. The number of benzene rings is 1. The number of carbonyl (C=O) groups excluding carboxylic acids is 2. The molecule has 0 aromatic heterocycles. The largest absolute Gasteiger partial charge is 0.502 e. The lowest BCUT2D eigenvalue weighted by Gasteiger charge is -2.21. The summed E-state index contributed by atoms with van der Waals surface area (Å²) in [6.07, 6.45) is 0.450. The number of aliphatic hydroxyl groups is 1. The molecule has 0 heterocycles. The molecule has 24 heavy (non-hydrogen) atoms. The zero-order chi connectivity index (χ0) is 18.3. The Labute approximate surface area is 137 Å². The van der Waals surface area contributed by atoms with Crippen LogP contribution in [0.1, 0.15) is 5.56 Å². The fraction of sp³-hybridized carbons (Fsp3) is 0.267. The number of carbonyl (C=O) groups is 3. The third kappa shape index (κ3) is 6.05. The monoisotopic (exact) mass is 340 g/mol. The Morgan fingerprint density at radius 1 is 1.17 bits per heavy atom. The van der Waals surface area contributed by atoms with Gasteiger partial charge in [-0.2, -0.15) is 0 Å². The zero-order valence-corrected chi connectivity index (χ0v) is 13.1. The molecule has 0 fully saturated rings. The SMILES string of the molecule is CN(C)C(=O)CON(Cc1ccc(F)cc1)C(=O)C=C(O)C(=O)O. The molecule has 2 amide bonds. The van der Waals surface area contributed by atoms with E-state index >= 15 is 0 Å². The molecule has 1 aromatic carbocycles. The van der Waals surface area contributed by atoms with E-state index in [1.165, 1.54) is 43.3 Å². The van der Waals surface area contributed by atoms with Crippen molar-refractivity contribution in [3.05, 3.63) is 47.5 Å². The Hall–Kier alpha value is -2.94. The Kier molecular flexibility index (Phi) is 6.87. The van der Waals surface area contributed by atoms with Crippen LogP contribution in [-0.2, 0) is 25.8 Å². The molecule has 0 aliphatic heterocycles. The third-order valence-electron chi connectivity index (χ3n) is 2.81. The number of rotatable bonds is 7. The summed E-state index contributed by atoms with van der Waals surface area (Å²) in [6, 6.07) is 5.14. The van der Waals surface area contributed by atoms with E-state index in [9.17, 15) is 18.8 Å². The number of halogens is 1. The zero-order valence-electron chi connectivity index (χ0n) is 13.1. The van der Waals surface area contributed by atoms with Crippen molar-refractivity contribution in [1.29, 1.82) is 0 Å². The second kappa shape index (κ2) is 8.63. The minimum Gasteiger partial charge on any atom is -0.502 e. The van der Waals surface area contributed by atoms with Crippen LogP contribution in [0.3, 0.4) is 0 Å². The summed E-state index contributed by atoms with van der Waals surface area (Å²) in [5, 5.41) is 18.4. The van der Waals surface area contributed by atoms with Gasteiger partial charge in [-0.05, 0) is 17.7 Å². The summed E-state index contributed by atoms with van der Waals surface area (Å²) >= 11 is 0. The Morgan fingerprint density at radius 2 is 1.75 bits per heavy atom. The van der Waals surface area contributed by atoms with Crippen LogP contribution >= 0.6 is 0 Å². The molecule has 0 radical (unpaired) electrons. The van der Waals surface area contributed by atoms with E-state index in [0.717, 1.165) is 0 Å². The molecule has 1 aromatic rings. The van der Waals surface area contributed by atoms with Crippen molar-refractivity contribution < 1.29 is 33.8 Å². The summed E-state index contributed by atoms with van der Waals surface area (Å²) in [5.74, 6) is -4.74. The molecule has 0 saturated heterocycles. The van der Waals surface area contributed by atoms with Crippen LogP contribution < -0.4 is 0 Å². The minimum absolute atomic E-state index is 0.177. The van der Waals surface area contributed by atoms with Gasteiger partial charge in [0.25, 0.3) is 11.8 Å². The van der Waals surface area contributed by atoms with E-state index in [2.05, 4.69) is 0 Å². The van der Waals surface area contributed by atoms with Gasteiger partial charge < -0.3 is 15.1 Å². The molecule has 0 spiro atoms. The highest BCUT2D eigenvalue weighted by molar-refractivity contribution is 5.95. The van der Waals surface area contributed by atoms with Crippen LogP contribution in [0.2, 0.25) is 0 Å². The first kappa shape index (κ1) is 19.1. The first-order valence-corrected chi connectivity index (χ1v) is 6.73. The molecule has 0 aliphatic rings. The number of hydroxylamine groups is 2. The summed E-state index contributed by atoms with van der Waals surface area (Å²) in [7, 11) is 2.99. The summed E-state index contributed by atoms with van der Waals surface area (Å²) < 4.78 is 12.9. The molecule has 8 nitrogen and oxygen atoms in total. The van der Waals surface area contributed by atoms with Gasteiger partial charge in [0.1, 0.15) is 5.82 Å². The lowest BCUT2D eigenvalue weighted by Crippen LogP contribution is -2.35. The van der Waals surface area contributed by atoms with Crippen molar-refractivity contribution in [2.75, 3.05) is 20.7 Å². The van der Waals surface area contributed by atoms with E-state index in [4.69, 9.17) is 15.1 Å². The standard InChI is InChI=1S/C15H17FN2O6/c1-17(2)14(21)9-24-18(13(20)7-12(19)15(22)23)8-10-3-5-11(16)6-4-10/h3-7,19H,8-9H2,1-2H3,(H,22,23). The lowest BCUT2D eigenvalue weighted by molar-refractivity contribution is -0.189. The highest BCUT2D eigenvalue weighted by Gasteiger charge is 2.18. The van der Waals surface area contributed by atoms with Gasteiger partial charge in [0.05, 0.1) is 12.6 Å². The Balaban J connectivity index is 2.91. The van der Waals surface area contributed by atoms with Crippen molar-refractivity contribution in [2.45, 2.75) is 6.54 Å². The molecule has 130 valence electrons. The van der Waals surface area contributed by atoms with Gasteiger partial charge in [-0.3, -0.25) is 14.4 Å². The number of nitrogens with zero attached hydrogens (tertiary/aromatic N) is 2. The Morgan fingerprint density at radius 3 is 2.25 bits per heavy atom. The summed E-state index contributed by atoms with van der Waals surface area (Å²) in [6.45, 7) is -0.648. The van der Waals surface area contributed by atoms with Crippen molar-refractivity contribution in [3.63, 3.8) is 0 Å². The van der Waals surface area contributed by atoms with E-state index in [1.807, 2.05) is 0 Å². The lowest BCUT2D eigenvalue weighted by atomic mass is 10.2. The van der Waals surface area contributed by atoms with Crippen LogP contribution in [0, 0.1) is 5.82 Å². The van der Waals surface area contributed by atoms with Crippen molar-refractivity contribution in [2.24, 2.45) is 0 Å². The average Bonchev–Trinajstić information content (AvgIpc) is 2.52. The molecule has 2 N–H and O–H groups in total. The summed E-state index contributed by atoms with van der Waals surface area (Å²) in [5.41, 5.74) is 0.477. The molecule has 0 aliphatic carbocycles. The van der Waals surface area contributed by atoms with E-state index in [0.29, 0.717) is 16.7 Å². The van der Waals surface area contributed by atoms with Crippen LogP contribution in [0.25, 0.3) is 0 Å². The number of carboxylic acids is 1. The molecular weight excluding hydrogens is 323 g/mol. The van der Waals surface area contributed by atoms with Crippen LogP contribution in [0.15, 0.2) is 36.1 Å². The van der Waals surface area contributed by atoms with Crippen molar-refractivity contribution >= 4 is 17.8 Å². The number of amides is 2. The maximum absolute atomic E-state index is 12.9. The minimum atomic E-state index is -1.69. The predicted octanol–water partition coefficient (Wildman–Crippen LogP) is 0.701. The highest BCUT2D eigenvalue weighted by Crippen LogP contribution is 2.09. The number of carboxylic acid groups (broad SMARTS) is 1. The third-order valence-corrected chi connectivity index (χ3v) is 2.81. The van der Waals surface area contributed by atoms with Gasteiger partial charge in [-0.1, -0.05) is 12.1 Å². The van der Waals surface area contributed by atoms with Crippen molar-refractivity contribution in [1.82, 2.24) is 9.96 Å².